The number of nitrogens with zero attached hydrogens (tertiary/aromatic N) is 2. The third-order valence-electron chi connectivity index (χ3n) is 7.94. The van der Waals surface area contributed by atoms with Crippen molar-refractivity contribution in [3.63, 3.8) is 0 Å². The van der Waals surface area contributed by atoms with Gasteiger partial charge in [0.25, 0.3) is 10.0 Å². The van der Waals surface area contributed by atoms with Gasteiger partial charge in [0.15, 0.2) is 0 Å². The van der Waals surface area contributed by atoms with E-state index in [2.05, 4.69) is 5.32 Å². The minimum absolute atomic E-state index is 0.0957. The van der Waals surface area contributed by atoms with Crippen molar-refractivity contribution in [1.29, 1.82) is 0 Å². The number of anilines is 1. The van der Waals surface area contributed by atoms with Gasteiger partial charge < -0.3 is 10.2 Å². The lowest BCUT2D eigenvalue weighted by molar-refractivity contribution is -0.139. The predicted molar refractivity (Wildman–Crippen MR) is 168 cm³/mol. The molecule has 0 aromatic heterocycles. The third kappa shape index (κ3) is 7.79. The Kier molecular flexibility index (Phi) is 10.1. The van der Waals surface area contributed by atoms with Gasteiger partial charge in [0, 0.05) is 12.6 Å². The Labute approximate surface area is 251 Å². The molecule has 4 rings (SSSR count). The monoisotopic (exact) mass is 589 g/mol. The van der Waals surface area contributed by atoms with Crippen molar-refractivity contribution in [2.75, 3.05) is 10.8 Å². The van der Waals surface area contributed by atoms with Crippen molar-refractivity contribution in [1.82, 2.24) is 10.2 Å². The topological polar surface area (TPSA) is 86.8 Å². The van der Waals surface area contributed by atoms with Crippen LogP contribution in [0.15, 0.2) is 71.6 Å². The Morgan fingerprint density at radius 1 is 0.833 bits per heavy atom. The molecule has 0 aliphatic heterocycles. The van der Waals surface area contributed by atoms with E-state index in [4.69, 9.17) is 0 Å². The number of carbonyl (C=O) groups excluding carboxylic acids is 2. The van der Waals surface area contributed by atoms with Crippen LogP contribution in [0.3, 0.4) is 0 Å². The summed E-state index contributed by atoms with van der Waals surface area (Å²) in [5.74, 6) is -0.667. The summed E-state index contributed by atoms with van der Waals surface area (Å²) in [7, 11) is -4.10. The molecule has 1 N–H and O–H groups in total. The fourth-order valence-corrected chi connectivity index (χ4v) is 7.02. The van der Waals surface area contributed by atoms with E-state index in [1.54, 1.807) is 43.3 Å². The van der Waals surface area contributed by atoms with Crippen molar-refractivity contribution in [2.24, 2.45) is 0 Å². The normalized spacial score (nSPS) is 14.7. The van der Waals surface area contributed by atoms with E-state index in [-0.39, 0.29) is 23.4 Å². The SMILES string of the molecule is Cc1ccc(S(=O)(=O)N(CC(=O)N(Cc2cccc(C)c2)C(C)C(=O)NC2CCCCC2)c2cc(C)cc(C)c2)cc1. The molecule has 1 aliphatic carbocycles. The summed E-state index contributed by atoms with van der Waals surface area (Å²) in [6.45, 7) is 9.14. The second kappa shape index (κ2) is 13.6. The lowest BCUT2D eigenvalue weighted by atomic mass is 9.95. The Morgan fingerprint density at radius 3 is 2.10 bits per heavy atom. The largest absolute Gasteiger partial charge is 0.352 e. The van der Waals surface area contributed by atoms with Gasteiger partial charge in [0.1, 0.15) is 12.6 Å². The van der Waals surface area contributed by atoms with E-state index in [9.17, 15) is 18.0 Å². The second-order valence-electron chi connectivity index (χ2n) is 11.7. The molecule has 3 aromatic carbocycles. The minimum atomic E-state index is -4.10. The average molecular weight is 590 g/mol. The number of benzene rings is 3. The van der Waals surface area contributed by atoms with Crippen LogP contribution in [0.25, 0.3) is 0 Å². The molecule has 1 aliphatic rings. The summed E-state index contributed by atoms with van der Waals surface area (Å²) < 4.78 is 29.3. The van der Waals surface area contributed by atoms with E-state index in [0.717, 1.165) is 53.5 Å². The highest BCUT2D eigenvalue weighted by Gasteiger charge is 2.33. The van der Waals surface area contributed by atoms with Gasteiger partial charge in [-0.25, -0.2) is 8.42 Å². The van der Waals surface area contributed by atoms with Crippen LogP contribution < -0.4 is 9.62 Å². The van der Waals surface area contributed by atoms with E-state index in [1.807, 2.05) is 58.0 Å². The molecule has 2 amide bonds. The third-order valence-corrected chi connectivity index (χ3v) is 9.72. The van der Waals surface area contributed by atoms with E-state index in [0.29, 0.717) is 5.69 Å². The molecule has 3 aromatic rings. The van der Waals surface area contributed by atoms with E-state index >= 15 is 0 Å². The molecular weight excluding hydrogens is 546 g/mol. The van der Waals surface area contributed by atoms with Gasteiger partial charge in [-0.05, 0) is 88.4 Å². The fourth-order valence-electron chi connectivity index (χ4n) is 5.62. The zero-order valence-corrected chi connectivity index (χ0v) is 26.2. The first-order valence-corrected chi connectivity index (χ1v) is 16.2. The fraction of sp³-hybridized carbons (Fsp3) is 0.412. The maximum absolute atomic E-state index is 14.2. The van der Waals surface area contributed by atoms with Crippen LogP contribution >= 0.6 is 0 Å². The Bertz CT molecular complexity index is 1490. The smallest absolute Gasteiger partial charge is 0.264 e. The Morgan fingerprint density at radius 2 is 1.48 bits per heavy atom. The van der Waals surface area contributed by atoms with Crippen molar-refractivity contribution in [3.05, 3.63) is 94.5 Å². The number of rotatable bonds is 10. The molecular formula is C34H43N3O4S. The lowest BCUT2D eigenvalue weighted by Crippen LogP contribution is -2.53. The van der Waals surface area contributed by atoms with E-state index < -0.39 is 28.5 Å². The molecule has 224 valence electrons. The molecule has 1 atom stereocenters. The van der Waals surface area contributed by atoms with Crippen molar-refractivity contribution >= 4 is 27.5 Å². The number of hydrogen-bond donors (Lipinski definition) is 1. The molecule has 0 radical (unpaired) electrons. The quantitative estimate of drug-likeness (QED) is 0.315. The molecule has 8 heteroatoms. The standard InChI is InChI=1S/C34H43N3O4S/c1-24-14-16-32(17-15-24)42(40,41)37(31-20-26(3)18-27(4)21-31)23-33(38)36(22-29-11-9-10-25(2)19-29)28(5)34(39)35-30-12-7-6-8-13-30/h9-11,14-21,28,30H,6-8,12-13,22-23H2,1-5H3,(H,35,39). The van der Waals surface area contributed by atoms with Crippen LogP contribution in [-0.4, -0.2) is 43.8 Å². The zero-order valence-electron chi connectivity index (χ0n) is 25.4. The van der Waals surface area contributed by atoms with Crippen molar-refractivity contribution in [3.8, 4) is 0 Å². The summed E-state index contributed by atoms with van der Waals surface area (Å²) in [4.78, 5) is 29.3. The van der Waals surface area contributed by atoms with Crippen LogP contribution in [0.5, 0.6) is 0 Å². The summed E-state index contributed by atoms with van der Waals surface area (Å²) in [5, 5.41) is 3.15. The summed E-state index contributed by atoms with van der Waals surface area (Å²) >= 11 is 0. The highest BCUT2D eigenvalue weighted by Crippen LogP contribution is 2.27. The number of amides is 2. The van der Waals surface area contributed by atoms with Crippen LogP contribution in [0.4, 0.5) is 5.69 Å². The molecule has 0 bridgehead atoms. The lowest BCUT2D eigenvalue weighted by Gasteiger charge is -2.33. The van der Waals surface area contributed by atoms with Crippen LogP contribution in [-0.2, 0) is 26.2 Å². The van der Waals surface area contributed by atoms with Gasteiger partial charge in [-0.2, -0.15) is 0 Å². The van der Waals surface area contributed by atoms with Crippen LogP contribution in [0, 0.1) is 27.7 Å². The van der Waals surface area contributed by atoms with Crippen LogP contribution in [0.2, 0.25) is 0 Å². The molecule has 0 heterocycles. The first kappa shape index (κ1) is 31.3. The zero-order chi connectivity index (χ0) is 30.4. The number of hydrogen-bond acceptors (Lipinski definition) is 4. The minimum Gasteiger partial charge on any atom is -0.352 e. The van der Waals surface area contributed by atoms with Gasteiger partial charge in [0.2, 0.25) is 11.8 Å². The maximum atomic E-state index is 14.2. The van der Waals surface area contributed by atoms with Gasteiger partial charge in [-0.1, -0.05) is 72.9 Å². The molecule has 0 spiro atoms. The van der Waals surface area contributed by atoms with Gasteiger partial charge >= 0.3 is 0 Å². The Hall–Kier alpha value is -3.65. The molecule has 1 fully saturated rings. The van der Waals surface area contributed by atoms with Crippen LogP contribution in [0.1, 0.15) is 66.8 Å². The number of sulfonamides is 1. The summed E-state index contributed by atoms with van der Waals surface area (Å²) in [6, 6.07) is 19.2. The molecule has 1 unspecified atom stereocenters. The summed E-state index contributed by atoms with van der Waals surface area (Å²) in [6.07, 6.45) is 5.18. The number of aryl methyl sites for hydroxylation is 4. The molecule has 1 saturated carbocycles. The predicted octanol–water partition coefficient (Wildman–Crippen LogP) is 5.98. The number of carbonyl (C=O) groups is 2. The average Bonchev–Trinajstić information content (AvgIpc) is 2.94. The molecule has 7 nitrogen and oxygen atoms in total. The number of nitrogens with one attached hydrogen (secondary N) is 1. The van der Waals surface area contributed by atoms with Crippen molar-refractivity contribution in [2.45, 2.75) is 90.2 Å². The van der Waals surface area contributed by atoms with E-state index in [1.165, 1.54) is 15.6 Å². The maximum Gasteiger partial charge on any atom is 0.264 e. The molecule has 42 heavy (non-hydrogen) atoms. The second-order valence-corrected chi connectivity index (χ2v) is 13.6. The first-order valence-electron chi connectivity index (χ1n) is 14.8. The summed E-state index contributed by atoms with van der Waals surface area (Å²) in [5.41, 5.74) is 5.04. The van der Waals surface area contributed by atoms with Gasteiger partial charge in [-0.15, -0.1) is 0 Å². The highest BCUT2D eigenvalue weighted by atomic mass is 32.2. The first-order chi connectivity index (χ1) is 19.9. The van der Waals surface area contributed by atoms with Gasteiger partial charge in [0.05, 0.1) is 10.6 Å². The highest BCUT2D eigenvalue weighted by molar-refractivity contribution is 7.92. The van der Waals surface area contributed by atoms with Gasteiger partial charge in [-0.3, -0.25) is 13.9 Å². The Balaban J connectivity index is 1.70. The van der Waals surface area contributed by atoms with Crippen molar-refractivity contribution < 1.29 is 18.0 Å². The molecule has 0 saturated heterocycles.